The number of nitrogens with one attached hydrogen (secondary N) is 2. The van der Waals surface area contributed by atoms with Crippen LogP contribution in [-0.4, -0.2) is 61.6 Å². The number of carbonyl (C=O) groups is 2. The predicted octanol–water partition coefficient (Wildman–Crippen LogP) is 2.90. The monoisotopic (exact) mass is 428 g/mol. The maximum absolute atomic E-state index is 12.3. The van der Waals surface area contributed by atoms with Crippen molar-refractivity contribution in [3.63, 3.8) is 0 Å². The molecule has 3 N–H and O–H groups in total. The van der Waals surface area contributed by atoms with Crippen LogP contribution in [0.3, 0.4) is 0 Å². The highest BCUT2D eigenvalue weighted by molar-refractivity contribution is 5.80. The van der Waals surface area contributed by atoms with Gasteiger partial charge in [-0.15, -0.1) is 10.2 Å². The summed E-state index contributed by atoms with van der Waals surface area (Å²) in [6.45, 7) is 6.21. The summed E-state index contributed by atoms with van der Waals surface area (Å²) in [7, 11) is 1.63. The third-order valence-electron chi connectivity index (χ3n) is 4.99. The van der Waals surface area contributed by atoms with Gasteiger partial charge in [-0.1, -0.05) is 12.1 Å². The standard InChI is InChI=1S/C21H28N6O4/c1-13(2)31-12-22-16-7-5-6-15(10-16)17-11-18-23-24-21(27(18)25-17)14(3)26(4)19(28)8-9-20(29)30/h5-7,10-11,13-14,22,25H,8-9,12H2,1-4H3,(H,29,30). The van der Waals surface area contributed by atoms with Crippen LogP contribution in [0.5, 0.6) is 0 Å². The maximum atomic E-state index is 12.3. The molecule has 1 amide bonds. The Balaban J connectivity index is 1.78. The third kappa shape index (κ3) is 5.40. The number of hydrogen-bond acceptors (Lipinski definition) is 6. The van der Waals surface area contributed by atoms with Gasteiger partial charge in [0, 0.05) is 30.8 Å². The molecule has 10 nitrogen and oxygen atoms in total. The smallest absolute Gasteiger partial charge is 0.303 e. The first-order chi connectivity index (χ1) is 14.8. The average molecular weight is 428 g/mol. The average Bonchev–Trinajstić information content (AvgIpc) is 3.32. The van der Waals surface area contributed by atoms with Crippen molar-refractivity contribution in [3.8, 4) is 11.3 Å². The molecule has 1 atom stereocenters. The van der Waals surface area contributed by atoms with Crippen molar-refractivity contribution in [1.82, 2.24) is 24.7 Å². The fourth-order valence-corrected chi connectivity index (χ4v) is 3.09. The lowest BCUT2D eigenvalue weighted by atomic mass is 10.1. The van der Waals surface area contributed by atoms with E-state index < -0.39 is 5.97 Å². The summed E-state index contributed by atoms with van der Waals surface area (Å²) in [5, 5.41) is 23.7. The molecule has 0 saturated carbocycles. The molecule has 1 aromatic carbocycles. The number of carboxylic acid groups (broad SMARTS) is 1. The number of aliphatic carboxylic acids is 1. The van der Waals surface area contributed by atoms with Gasteiger partial charge in [-0.05, 0) is 32.9 Å². The normalized spacial score (nSPS) is 12.3. The molecular weight excluding hydrogens is 400 g/mol. The van der Waals surface area contributed by atoms with Gasteiger partial charge in [-0.25, -0.2) is 4.52 Å². The number of nitrogens with zero attached hydrogens (tertiary/aromatic N) is 4. The lowest BCUT2D eigenvalue weighted by molar-refractivity contribution is -0.141. The molecule has 0 bridgehead atoms. The number of ether oxygens (including phenoxy) is 1. The van der Waals surface area contributed by atoms with Gasteiger partial charge in [0.1, 0.15) is 6.73 Å². The van der Waals surface area contributed by atoms with E-state index in [4.69, 9.17) is 9.84 Å². The second-order valence-corrected chi connectivity index (χ2v) is 7.61. The minimum Gasteiger partial charge on any atom is -0.481 e. The minimum atomic E-state index is -0.999. The molecule has 0 aliphatic rings. The molecular formula is C21H28N6O4. The quantitative estimate of drug-likeness (QED) is 0.424. The van der Waals surface area contributed by atoms with Crippen LogP contribution in [0.2, 0.25) is 0 Å². The first-order valence-electron chi connectivity index (χ1n) is 10.1. The number of H-pyrrole nitrogens is 1. The van der Waals surface area contributed by atoms with E-state index in [0.717, 1.165) is 16.9 Å². The number of benzene rings is 1. The molecule has 0 saturated heterocycles. The highest BCUT2D eigenvalue weighted by atomic mass is 16.5. The van der Waals surface area contributed by atoms with Gasteiger partial charge < -0.3 is 20.1 Å². The Kier molecular flexibility index (Phi) is 6.91. The molecule has 0 fully saturated rings. The van der Waals surface area contributed by atoms with E-state index in [1.807, 2.05) is 51.1 Å². The van der Waals surface area contributed by atoms with Crippen LogP contribution < -0.4 is 5.32 Å². The molecule has 1 unspecified atom stereocenters. The Morgan fingerprint density at radius 1 is 1.23 bits per heavy atom. The largest absolute Gasteiger partial charge is 0.481 e. The van der Waals surface area contributed by atoms with Crippen LogP contribution in [0.4, 0.5) is 5.69 Å². The molecule has 0 spiro atoms. The first-order valence-corrected chi connectivity index (χ1v) is 10.1. The summed E-state index contributed by atoms with van der Waals surface area (Å²) < 4.78 is 7.27. The van der Waals surface area contributed by atoms with Crippen molar-refractivity contribution in [2.45, 2.75) is 45.8 Å². The molecule has 2 heterocycles. The molecule has 0 aliphatic heterocycles. The highest BCUT2D eigenvalue weighted by Gasteiger charge is 2.23. The summed E-state index contributed by atoms with van der Waals surface area (Å²) in [5.41, 5.74) is 3.38. The van der Waals surface area contributed by atoms with Gasteiger partial charge >= 0.3 is 5.97 Å². The zero-order chi connectivity index (χ0) is 22.5. The fourth-order valence-electron chi connectivity index (χ4n) is 3.09. The Morgan fingerprint density at radius 3 is 2.71 bits per heavy atom. The topological polar surface area (TPSA) is 125 Å². The van der Waals surface area contributed by atoms with Crippen LogP contribution in [0, 0.1) is 0 Å². The van der Waals surface area contributed by atoms with E-state index >= 15 is 0 Å². The van der Waals surface area contributed by atoms with Crippen LogP contribution in [0.1, 0.15) is 45.5 Å². The number of aromatic amines is 1. The zero-order valence-electron chi connectivity index (χ0n) is 18.1. The summed E-state index contributed by atoms with van der Waals surface area (Å²) in [6, 6.07) is 9.41. The Labute approximate surface area is 180 Å². The Bertz CT molecular complexity index is 1060. The number of amides is 1. The lowest BCUT2D eigenvalue weighted by Gasteiger charge is -2.23. The van der Waals surface area contributed by atoms with Gasteiger partial charge in [-0.2, -0.15) is 0 Å². The van der Waals surface area contributed by atoms with Crippen molar-refractivity contribution in [2.24, 2.45) is 0 Å². The van der Waals surface area contributed by atoms with Gasteiger partial charge in [0.05, 0.1) is 24.3 Å². The first kappa shape index (κ1) is 22.3. The van der Waals surface area contributed by atoms with Crippen molar-refractivity contribution in [3.05, 3.63) is 36.2 Å². The van der Waals surface area contributed by atoms with Crippen molar-refractivity contribution in [2.75, 3.05) is 19.1 Å². The molecule has 2 aromatic heterocycles. The van der Waals surface area contributed by atoms with Gasteiger partial charge in [-0.3, -0.25) is 14.7 Å². The highest BCUT2D eigenvalue weighted by Crippen LogP contribution is 2.25. The number of aromatic nitrogens is 4. The molecule has 0 aliphatic carbocycles. The Morgan fingerprint density at radius 2 is 2.00 bits per heavy atom. The number of anilines is 1. The fraction of sp³-hybridized carbons (Fsp3) is 0.429. The van der Waals surface area contributed by atoms with E-state index in [1.54, 1.807) is 11.6 Å². The summed E-state index contributed by atoms with van der Waals surface area (Å²) >= 11 is 0. The van der Waals surface area contributed by atoms with E-state index in [2.05, 4.69) is 20.6 Å². The van der Waals surface area contributed by atoms with Crippen LogP contribution in [0.15, 0.2) is 30.3 Å². The second-order valence-electron chi connectivity index (χ2n) is 7.61. The summed E-state index contributed by atoms with van der Waals surface area (Å²) in [5.74, 6) is -0.700. The van der Waals surface area contributed by atoms with E-state index in [1.165, 1.54) is 4.90 Å². The number of hydrogen-bond donors (Lipinski definition) is 3. The molecule has 31 heavy (non-hydrogen) atoms. The van der Waals surface area contributed by atoms with Crippen LogP contribution >= 0.6 is 0 Å². The molecule has 0 radical (unpaired) electrons. The van der Waals surface area contributed by atoms with Crippen LogP contribution in [-0.2, 0) is 14.3 Å². The SMILES string of the molecule is CC(C)OCNc1cccc(-c2cc3nnc(C(C)N(C)C(=O)CCC(=O)O)n3[nH]2)c1. The predicted molar refractivity (Wildman–Crippen MR) is 116 cm³/mol. The number of fused-ring (bicyclic) bond motifs is 1. The molecule has 10 heteroatoms. The van der Waals surface area contributed by atoms with Crippen LogP contribution in [0.25, 0.3) is 16.9 Å². The van der Waals surface area contributed by atoms with Crippen molar-refractivity contribution in [1.29, 1.82) is 0 Å². The summed E-state index contributed by atoms with van der Waals surface area (Å²) in [4.78, 5) is 24.5. The van der Waals surface area contributed by atoms with Crippen molar-refractivity contribution >= 4 is 23.2 Å². The zero-order valence-corrected chi connectivity index (χ0v) is 18.1. The number of carbonyl (C=O) groups excluding carboxylic acids is 1. The van der Waals surface area contributed by atoms with E-state index in [-0.39, 0.29) is 30.9 Å². The van der Waals surface area contributed by atoms with Gasteiger partial charge in [0.15, 0.2) is 11.5 Å². The molecule has 3 aromatic rings. The number of carboxylic acids is 1. The molecule has 3 rings (SSSR count). The van der Waals surface area contributed by atoms with Gasteiger partial charge in [0.2, 0.25) is 5.91 Å². The van der Waals surface area contributed by atoms with E-state index in [0.29, 0.717) is 18.2 Å². The third-order valence-corrected chi connectivity index (χ3v) is 4.99. The van der Waals surface area contributed by atoms with Gasteiger partial charge in [0.25, 0.3) is 0 Å². The minimum absolute atomic E-state index is 0.0611. The summed E-state index contributed by atoms with van der Waals surface area (Å²) in [6.07, 6.45) is -0.118. The van der Waals surface area contributed by atoms with Crippen molar-refractivity contribution < 1.29 is 19.4 Å². The number of rotatable bonds is 10. The lowest BCUT2D eigenvalue weighted by Crippen LogP contribution is -2.31. The van der Waals surface area contributed by atoms with E-state index in [9.17, 15) is 9.59 Å². The maximum Gasteiger partial charge on any atom is 0.303 e. The Hall–Kier alpha value is -3.40. The second kappa shape index (κ2) is 9.61. The molecule has 166 valence electrons.